The van der Waals surface area contributed by atoms with Gasteiger partial charge in [0.2, 0.25) is 0 Å². The summed E-state index contributed by atoms with van der Waals surface area (Å²) in [6.07, 6.45) is 5.49. The predicted molar refractivity (Wildman–Crippen MR) is 133 cm³/mol. The maximum absolute atomic E-state index is 13.1. The fourth-order valence-corrected chi connectivity index (χ4v) is 4.10. The smallest absolute Gasteiger partial charge is 0.259 e. The number of benzene rings is 3. The molecular formula is C28H30N2O4. The van der Waals surface area contributed by atoms with E-state index in [-0.39, 0.29) is 17.9 Å². The first-order valence-corrected chi connectivity index (χ1v) is 11.8. The molecule has 0 radical (unpaired) electrons. The van der Waals surface area contributed by atoms with Crippen molar-refractivity contribution >= 4 is 17.5 Å². The Bertz CT molecular complexity index is 1090. The fraction of sp³-hybridized carbons (Fsp3) is 0.286. The van der Waals surface area contributed by atoms with Crippen LogP contribution in [0.15, 0.2) is 78.9 Å². The lowest BCUT2D eigenvalue weighted by molar-refractivity contribution is 0.0928. The summed E-state index contributed by atoms with van der Waals surface area (Å²) in [4.78, 5) is 26.0. The number of anilines is 1. The number of amides is 2. The third-order valence-corrected chi connectivity index (χ3v) is 5.84. The summed E-state index contributed by atoms with van der Waals surface area (Å²) >= 11 is 0. The molecule has 0 aromatic heterocycles. The van der Waals surface area contributed by atoms with Crippen LogP contribution in [-0.4, -0.2) is 31.1 Å². The average Bonchev–Trinajstić information content (AvgIpc) is 2.88. The van der Waals surface area contributed by atoms with Crippen molar-refractivity contribution in [3.63, 3.8) is 0 Å². The summed E-state index contributed by atoms with van der Waals surface area (Å²) in [5.41, 5.74) is 1.32. The van der Waals surface area contributed by atoms with Gasteiger partial charge in [0.25, 0.3) is 11.8 Å². The van der Waals surface area contributed by atoms with Crippen molar-refractivity contribution in [2.45, 2.75) is 38.1 Å². The summed E-state index contributed by atoms with van der Waals surface area (Å²) in [5, 5.41) is 6.01. The highest BCUT2D eigenvalue weighted by atomic mass is 16.5. The standard InChI is InChI=1S/C28H30N2O4/c31-27(29-21-11-3-1-4-12-21)23-15-7-9-17-25(23)30-28(32)24-16-8-10-18-26(24)34-20-19-33-22-13-5-2-6-14-22/h2,5-10,13-18,21H,1,3-4,11-12,19-20H2,(H,29,31)(H,30,32). The molecule has 3 aromatic rings. The summed E-state index contributed by atoms with van der Waals surface area (Å²) in [7, 11) is 0. The molecule has 0 bridgehead atoms. The Morgan fingerprint density at radius 3 is 2.15 bits per heavy atom. The molecule has 0 spiro atoms. The quantitative estimate of drug-likeness (QED) is 0.418. The third-order valence-electron chi connectivity index (χ3n) is 5.84. The van der Waals surface area contributed by atoms with E-state index in [2.05, 4.69) is 10.6 Å². The van der Waals surface area contributed by atoms with Crippen molar-refractivity contribution in [1.29, 1.82) is 0 Å². The second-order valence-electron chi connectivity index (χ2n) is 8.31. The minimum absolute atomic E-state index is 0.162. The second-order valence-corrected chi connectivity index (χ2v) is 8.31. The molecule has 34 heavy (non-hydrogen) atoms. The molecule has 1 saturated carbocycles. The maximum atomic E-state index is 13.1. The van der Waals surface area contributed by atoms with Gasteiger partial charge in [0.05, 0.1) is 16.8 Å². The van der Waals surface area contributed by atoms with Crippen LogP contribution < -0.4 is 20.1 Å². The Morgan fingerprint density at radius 1 is 0.706 bits per heavy atom. The van der Waals surface area contributed by atoms with Crippen LogP contribution in [0.1, 0.15) is 52.8 Å². The van der Waals surface area contributed by atoms with E-state index in [9.17, 15) is 9.59 Å². The lowest BCUT2D eigenvalue weighted by Gasteiger charge is -2.23. The molecule has 6 heteroatoms. The molecule has 1 aliphatic rings. The molecule has 4 rings (SSSR count). The van der Waals surface area contributed by atoms with Crippen LogP contribution in [0.3, 0.4) is 0 Å². The van der Waals surface area contributed by atoms with Crippen molar-refractivity contribution in [2.24, 2.45) is 0 Å². The predicted octanol–water partition coefficient (Wildman–Crippen LogP) is 5.46. The van der Waals surface area contributed by atoms with Crippen molar-refractivity contribution in [2.75, 3.05) is 18.5 Å². The number of carbonyl (C=O) groups excluding carboxylic acids is 2. The fourth-order valence-electron chi connectivity index (χ4n) is 4.10. The van der Waals surface area contributed by atoms with Gasteiger partial charge in [-0.1, -0.05) is 61.7 Å². The average molecular weight is 459 g/mol. The molecule has 0 atom stereocenters. The highest BCUT2D eigenvalue weighted by molar-refractivity contribution is 6.10. The zero-order chi connectivity index (χ0) is 23.6. The number of para-hydroxylation sites is 3. The van der Waals surface area contributed by atoms with Crippen molar-refractivity contribution in [1.82, 2.24) is 5.32 Å². The number of hydrogen-bond acceptors (Lipinski definition) is 4. The molecule has 1 fully saturated rings. The zero-order valence-electron chi connectivity index (χ0n) is 19.2. The topological polar surface area (TPSA) is 76.7 Å². The number of rotatable bonds is 9. The van der Waals surface area contributed by atoms with Crippen LogP contribution in [0.4, 0.5) is 5.69 Å². The summed E-state index contributed by atoms with van der Waals surface area (Å²) in [5.74, 6) is 0.726. The molecule has 0 unspecified atom stereocenters. The molecule has 1 aliphatic carbocycles. The van der Waals surface area contributed by atoms with Crippen LogP contribution in [0.2, 0.25) is 0 Å². The van der Waals surface area contributed by atoms with Crippen LogP contribution in [0.25, 0.3) is 0 Å². The van der Waals surface area contributed by atoms with Gasteiger partial charge in [-0.15, -0.1) is 0 Å². The Kier molecular flexibility index (Phi) is 8.17. The van der Waals surface area contributed by atoms with E-state index in [1.807, 2.05) is 36.4 Å². The Hall–Kier alpha value is -3.80. The molecule has 0 saturated heterocycles. The molecule has 2 N–H and O–H groups in total. The summed E-state index contributed by atoms with van der Waals surface area (Å²) < 4.78 is 11.5. The molecule has 2 amide bonds. The van der Waals surface area contributed by atoms with Gasteiger partial charge in [-0.05, 0) is 49.2 Å². The van der Waals surface area contributed by atoms with Crippen LogP contribution in [0, 0.1) is 0 Å². The van der Waals surface area contributed by atoms with Crippen molar-refractivity contribution in [3.8, 4) is 11.5 Å². The van der Waals surface area contributed by atoms with Gasteiger partial charge in [0, 0.05) is 6.04 Å². The normalized spacial score (nSPS) is 13.6. The Labute approximate surface area is 200 Å². The molecule has 6 nitrogen and oxygen atoms in total. The van der Waals surface area contributed by atoms with Crippen molar-refractivity contribution in [3.05, 3.63) is 90.0 Å². The first-order valence-electron chi connectivity index (χ1n) is 11.8. The largest absolute Gasteiger partial charge is 0.490 e. The number of hydrogen-bond donors (Lipinski definition) is 2. The Balaban J connectivity index is 1.38. The van der Waals surface area contributed by atoms with Gasteiger partial charge in [-0.25, -0.2) is 0 Å². The first-order chi connectivity index (χ1) is 16.7. The first kappa shape index (κ1) is 23.4. The lowest BCUT2D eigenvalue weighted by Crippen LogP contribution is -2.36. The lowest BCUT2D eigenvalue weighted by atomic mass is 9.95. The van der Waals surface area contributed by atoms with Crippen LogP contribution in [0.5, 0.6) is 11.5 Å². The van der Waals surface area contributed by atoms with Gasteiger partial charge >= 0.3 is 0 Å². The summed E-state index contributed by atoms with van der Waals surface area (Å²) in [6, 6.07) is 23.8. The van der Waals surface area contributed by atoms with E-state index in [4.69, 9.17) is 9.47 Å². The van der Waals surface area contributed by atoms with E-state index >= 15 is 0 Å². The third kappa shape index (κ3) is 6.38. The number of carbonyl (C=O) groups is 2. The molecule has 0 heterocycles. The van der Waals surface area contributed by atoms with Crippen molar-refractivity contribution < 1.29 is 19.1 Å². The van der Waals surface area contributed by atoms with E-state index in [1.54, 1.807) is 42.5 Å². The van der Waals surface area contributed by atoms with Crippen LogP contribution >= 0.6 is 0 Å². The van der Waals surface area contributed by atoms with Gasteiger partial charge in [-0.3, -0.25) is 9.59 Å². The van der Waals surface area contributed by atoms with E-state index < -0.39 is 0 Å². The van der Waals surface area contributed by atoms with Gasteiger partial charge < -0.3 is 20.1 Å². The maximum Gasteiger partial charge on any atom is 0.259 e. The van der Waals surface area contributed by atoms with Gasteiger partial charge in [-0.2, -0.15) is 0 Å². The summed E-state index contributed by atoms with van der Waals surface area (Å²) in [6.45, 7) is 0.643. The van der Waals surface area contributed by atoms with E-state index in [0.29, 0.717) is 35.8 Å². The van der Waals surface area contributed by atoms with Gasteiger partial charge in [0.1, 0.15) is 24.7 Å². The highest BCUT2D eigenvalue weighted by Crippen LogP contribution is 2.23. The van der Waals surface area contributed by atoms with Gasteiger partial charge in [0.15, 0.2) is 0 Å². The minimum atomic E-state index is -0.336. The molecule has 0 aliphatic heterocycles. The molecule has 3 aromatic carbocycles. The zero-order valence-corrected chi connectivity index (χ0v) is 19.2. The van der Waals surface area contributed by atoms with E-state index in [1.165, 1.54) is 6.42 Å². The number of nitrogens with one attached hydrogen (secondary N) is 2. The molecular weight excluding hydrogens is 428 g/mol. The number of ether oxygens (including phenoxy) is 2. The molecule has 176 valence electrons. The van der Waals surface area contributed by atoms with Crippen LogP contribution in [-0.2, 0) is 0 Å². The second kappa shape index (κ2) is 11.9. The monoisotopic (exact) mass is 458 g/mol. The van der Waals surface area contributed by atoms with E-state index in [0.717, 1.165) is 31.4 Å². The Morgan fingerprint density at radius 2 is 1.35 bits per heavy atom. The minimum Gasteiger partial charge on any atom is -0.490 e. The SMILES string of the molecule is O=C(NC1CCCCC1)c1ccccc1NC(=O)c1ccccc1OCCOc1ccccc1. The highest BCUT2D eigenvalue weighted by Gasteiger charge is 2.20.